The average Bonchev–Trinajstić information content (AvgIpc) is 2.42. The van der Waals surface area contributed by atoms with E-state index >= 15 is 0 Å². The minimum absolute atomic E-state index is 0.439. The molecule has 0 radical (unpaired) electrons. The molecule has 0 spiro atoms. The van der Waals surface area contributed by atoms with E-state index in [1.54, 1.807) is 49.5 Å². The fraction of sp³-hybridized carbons (Fsp3) is 0.143. The molecule has 0 aliphatic heterocycles. The Morgan fingerprint density at radius 3 is 2.47 bits per heavy atom. The SMILES string of the molecule is CC(Oc1ccccc1Oc1ccccn1)C(=O)Cl. The molecule has 2 aromatic rings. The Labute approximate surface area is 115 Å². The van der Waals surface area contributed by atoms with Gasteiger partial charge in [-0.1, -0.05) is 18.2 Å². The molecule has 0 amide bonds. The van der Waals surface area contributed by atoms with E-state index in [9.17, 15) is 4.79 Å². The third kappa shape index (κ3) is 3.69. The van der Waals surface area contributed by atoms with Crippen LogP contribution in [0.1, 0.15) is 6.92 Å². The monoisotopic (exact) mass is 277 g/mol. The summed E-state index contributed by atoms with van der Waals surface area (Å²) in [6.45, 7) is 1.58. The first kappa shape index (κ1) is 13.4. The van der Waals surface area contributed by atoms with Crippen molar-refractivity contribution < 1.29 is 14.3 Å². The number of aromatic nitrogens is 1. The molecule has 5 heteroatoms. The van der Waals surface area contributed by atoms with Gasteiger partial charge in [0.1, 0.15) is 0 Å². The normalized spacial score (nSPS) is 11.7. The zero-order chi connectivity index (χ0) is 13.7. The van der Waals surface area contributed by atoms with Crippen LogP contribution in [-0.4, -0.2) is 16.3 Å². The summed E-state index contributed by atoms with van der Waals surface area (Å²) in [5.74, 6) is 1.36. The molecule has 0 fully saturated rings. The van der Waals surface area contributed by atoms with Crippen molar-refractivity contribution in [1.82, 2.24) is 4.98 Å². The number of benzene rings is 1. The lowest BCUT2D eigenvalue weighted by Crippen LogP contribution is -2.19. The van der Waals surface area contributed by atoms with Crippen molar-refractivity contribution in [3.05, 3.63) is 48.7 Å². The maximum absolute atomic E-state index is 11.0. The first-order valence-electron chi connectivity index (χ1n) is 5.71. The molecule has 1 aromatic heterocycles. The van der Waals surface area contributed by atoms with E-state index in [1.807, 2.05) is 6.07 Å². The van der Waals surface area contributed by atoms with Crippen LogP contribution in [0.5, 0.6) is 17.4 Å². The first-order valence-corrected chi connectivity index (χ1v) is 6.08. The topological polar surface area (TPSA) is 48.4 Å². The van der Waals surface area contributed by atoms with E-state index in [0.717, 1.165) is 0 Å². The van der Waals surface area contributed by atoms with Crippen LogP contribution < -0.4 is 9.47 Å². The minimum Gasteiger partial charge on any atom is -0.478 e. The van der Waals surface area contributed by atoms with Crippen LogP contribution in [0.15, 0.2) is 48.7 Å². The van der Waals surface area contributed by atoms with Crippen LogP contribution in [0.25, 0.3) is 0 Å². The Morgan fingerprint density at radius 2 is 1.84 bits per heavy atom. The summed E-state index contributed by atoms with van der Waals surface area (Å²) in [6.07, 6.45) is 0.888. The molecule has 98 valence electrons. The molecule has 2 rings (SSSR count). The fourth-order valence-electron chi connectivity index (χ4n) is 1.39. The highest BCUT2D eigenvalue weighted by atomic mass is 35.5. The van der Waals surface area contributed by atoms with Crippen molar-refractivity contribution >= 4 is 16.8 Å². The summed E-state index contributed by atoms with van der Waals surface area (Å²) >= 11 is 5.37. The van der Waals surface area contributed by atoms with E-state index in [0.29, 0.717) is 17.4 Å². The van der Waals surface area contributed by atoms with Gasteiger partial charge in [-0.05, 0) is 36.7 Å². The maximum Gasteiger partial charge on any atom is 0.262 e. The lowest BCUT2D eigenvalue weighted by Gasteiger charge is -2.14. The Bertz CT molecular complexity index is 560. The Hall–Kier alpha value is -2.07. The Kier molecular flexibility index (Phi) is 4.36. The van der Waals surface area contributed by atoms with E-state index in [1.165, 1.54) is 0 Å². The lowest BCUT2D eigenvalue weighted by molar-refractivity contribution is -0.117. The van der Waals surface area contributed by atoms with Gasteiger partial charge >= 0.3 is 0 Å². The van der Waals surface area contributed by atoms with Crippen molar-refractivity contribution in [3.63, 3.8) is 0 Å². The molecule has 0 bridgehead atoms. The van der Waals surface area contributed by atoms with Gasteiger partial charge in [-0.25, -0.2) is 4.98 Å². The number of carbonyl (C=O) groups excluding carboxylic acids is 1. The van der Waals surface area contributed by atoms with Gasteiger partial charge in [-0.15, -0.1) is 0 Å². The Morgan fingerprint density at radius 1 is 1.16 bits per heavy atom. The second-order valence-corrected chi connectivity index (χ2v) is 4.15. The molecule has 1 unspecified atom stereocenters. The zero-order valence-electron chi connectivity index (χ0n) is 10.2. The maximum atomic E-state index is 11.0. The Balaban J connectivity index is 2.19. The van der Waals surface area contributed by atoms with Crippen molar-refractivity contribution in [2.75, 3.05) is 0 Å². The largest absolute Gasteiger partial charge is 0.478 e. The number of hydrogen-bond donors (Lipinski definition) is 0. The van der Waals surface area contributed by atoms with Crippen LogP contribution in [-0.2, 0) is 4.79 Å². The number of carbonyl (C=O) groups is 1. The fourth-order valence-corrected chi connectivity index (χ4v) is 1.43. The highest BCUT2D eigenvalue weighted by molar-refractivity contribution is 6.64. The average molecular weight is 278 g/mol. The molecule has 0 aliphatic carbocycles. The predicted molar refractivity (Wildman–Crippen MR) is 71.7 cm³/mol. The van der Waals surface area contributed by atoms with Gasteiger partial charge in [0.15, 0.2) is 17.6 Å². The molecule has 0 aliphatic rings. The van der Waals surface area contributed by atoms with Gasteiger partial charge in [0, 0.05) is 12.3 Å². The molecule has 19 heavy (non-hydrogen) atoms. The molecule has 1 atom stereocenters. The molecular formula is C14H12ClNO3. The molecular weight excluding hydrogens is 266 g/mol. The van der Waals surface area contributed by atoms with Gasteiger partial charge in [0.05, 0.1) is 0 Å². The van der Waals surface area contributed by atoms with E-state index in [2.05, 4.69) is 4.98 Å². The molecule has 0 N–H and O–H groups in total. The van der Waals surface area contributed by atoms with Crippen molar-refractivity contribution in [2.45, 2.75) is 13.0 Å². The zero-order valence-corrected chi connectivity index (χ0v) is 11.0. The molecule has 0 saturated heterocycles. The standard InChI is InChI=1S/C14H12ClNO3/c1-10(14(15)17)18-11-6-2-3-7-12(11)19-13-8-4-5-9-16-13/h2-10H,1H3. The number of ether oxygens (including phenoxy) is 2. The van der Waals surface area contributed by atoms with Crippen molar-refractivity contribution in [2.24, 2.45) is 0 Å². The molecule has 0 saturated carbocycles. The van der Waals surface area contributed by atoms with Gasteiger partial charge in [0.25, 0.3) is 5.24 Å². The minimum atomic E-state index is -0.741. The molecule has 4 nitrogen and oxygen atoms in total. The number of halogens is 1. The van der Waals surface area contributed by atoms with Crippen molar-refractivity contribution in [1.29, 1.82) is 0 Å². The summed E-state index contributed by atoms with van der Waals surface area (Å²) in [7, 11) is 0. The summed E-state index contributed by atoms with van der Waals surface area (Å²) in [5, 5.41) is -0.562. The summed E-state index contributed by atoms with van der Waals surface area (Å²) < 4.78 is 11.0. The quantitative estimate of drug-likeness (QED) is 0.786. The summed E-state index contributed by atoms with van der Waals surface area (Å²) in [5.41, 5.74) is 0. The number of pyridine rings is 1. The second-order valence-electron chi connectivity index (χ2n) is 3.78. The van der Waals surface area contributed by atoms with Gasteiger partial charge in [-0.3, -0.25) is 4.79 Å². The van der Waals surface area contributed by atoms with Crippen LogP contribution in [0.4, 0.5) is 0 Å². The summed E-state index contributed by atoms with van der Waals surface area (Å²) in [6, 6.07) is 12.4. The number of hydrogen-bond acceptors (Lipinski definition) is 4. The van der Waals surface area contributed by atoms with Gasteiger partial charge in [-0.2, -0.15) is 0 Å². The first-order chi connectivity index (χ1) is 9.16. The van der Waals surface area contributed by atoms with Crippen LogP contribution in [0.2, 0.25) is 0 Å². The van der Waals surface area contributed by atoms with Crippen molar-refractivity contribution in [3.8, 4) is 17.4 Å². The van der Waals surface area contributed by atoms with Crippen LogP contribution in [0.3, 0.4) is 0 Å². The summed E-state index contributed by atoms with van der Waals surface area (Å²) in [4.78, 5) is 15.1. The third-order valence-electron chi connectivity index (χ3n) is 2.32. The van der Waals surface area contributed by atoms with Gasteiger partial charge in [0.2, 0.25) is 5.88 Å². The van der Waals surface area contributed by atoms with Gasteiger partial charge < -0.3 is 9.47 Å². The van der Waals surface area contributed by atoms with Crippen LogP contribution >= 0.6 is 11.6 Å². The molecule has 1 aromatic carbocycles. The highest BCUT2D eigenvalue weighted by Gasteiger charge is 2.14. The van der Waals surface area contributed by atoms with Crippen LogP contribution in [0, 0.1) is 0 Å². The lowest BCUT2D eigenvalue weighted by atomic mass is 10.3. The molecule has 1 heterocycles. The van der Waals surface area contributed by atoms with E-state index in [4.69, 9.17) is 21.1 Å². The second kappa shape index (κ2) is 6.20. The highest BCUT2D eigenvalue weighted by Crippen LogP contribution is 2.31. The smallest absolute Gasteiger partial charge is 0.262 e. The number of para-hydroxylation sites is 2. The number of rotatable bonds is 5. The van der Waals surface area contributed by atoms with E-state index < -0.39 is 11.3 Å². The third-order valence-corrected chi connectivity index (χ3v) is 2.63. The van der Waals surface area contributed by atoms with E-state index in [-0.39, 0.29) is 0 Å². The number of nitrogens with zero attached hydrogens (tertiary/aromatic N) is 1. The predicted octanol–water partition coefficient (Wildman–Crippen LogP) is 3.41.